The van der Waals surface area contributed by atoms with Crippen LogP contribution in [0.15, 0.2) is 58.5 Å². The summed E-state index contributed by atoms with van der Waals surface area (Å²) >= 11 is 0. The molecule has 2 aliphatic rings. The van der Waals surface area contributed by atoms with Crippen molar-refractivity contribution in [1.29, 1.82) is 0 Å². The van der Waals surface area contributed by atoms with Gasteiger partial charge in [-0.1, -0.05) is 6.07 Å². The molecular formula is C20H18F2N2O3S. The third kappa shape index (κ3) is 3.17. The van der Waals surface area contributed by atoms with Crippen molar-refractivity contribution >= 4 is 27.1 Å². The van der Waals surface area contributed by atoms with Crippen LogP contribution in [0.4, 0.5) is 20.2 Å². The Hall–Kier alpha value is -2.74. The lowest BCUT2D eigenvalue weighted by Gasteiger charge is -2.32. The van der Waals surface area contributed by atoms with Gasteiger partial charge < -0.3 is 9.80 Å². The minimum Gasteiger partial charge on any atom is -0.338 e. The van der Waals surface area contributed by atoms with E-state index in [0.717, 1.165) is 37.5 Å². The number of likely N-dealkylation sites (tertiary alicyclic amines) is 1. The van der Waals surface area contributed by atoms with E-state index in [1.807, 2.05) is 0 Å². The Labute approximate surface area is 161 Å². The fourth-order valence-electron chi connectivity index (χ4n) is 3.54. The number of hydrogen-bond acceptors (Lipinski definition) is 4. The maximum Gasteiger partial charge on any atom is 0.267 e. The topological polar surface area (TPSA) is 57.7 Å². The number of carbonyl (C=O) groups excluding carboxylic acids is 1. The average molecular weight is 404 g/mol. The van der Waals surface area contributed by atoms with Crippen LogP contribution in [-0.4, -0.2) is 32.3 Å². The van der Waals surface area contributed by atoms with Gasteiger partial charge in [0.2, 0.25) is 9.84 Å². The Kier molecular flexibility index (Phi) is 4.66. The Bertz CT molecular complexity index is 1080. The van der Waals surface area contributed by atoms with Crippen molar-refractivity contribution in [2.75, 3.05) is 18.0 Å². The van der Waals surface area contributed by atoms with Crippen LogP contribution < -0.4 is 4.90 Å². The molecule has 0 radical (unpaired) electrons. The number of sulfone groups is 1. The molecule has 0 saturated carbocycles. The summed E-state index contributed by atoms with van der Waals surface area (Å²) in [6.45, 7) is 0.976. The predicted octanol–water partition coefficient (Wildman–Crippen LogP) is 3.74. The van der Waals surface area contributed by atoms with E-state index in [1.54, 1.807) is 6.07 Å². The Morgan fingerprint density at radius 1 is 0.929 bits per heavy atom. The Morgan fingerprint density at radius 2 is 1.64 bits per heavy atom. The van der Waals surface area contributed by atoms with Crippen LogP contribution in [0.5, 0.6) is 0 Å². The smallest absolute Gasteiger partial charge is 0.267 e. The normalized spacial score (nSPS) is 18.4. The number of hydrogen-bond donors (Lipinski definition) is 0. The molecule has 0 unspecified atom stereocenters. The van der Waals surface area contributed by atoms with Crippen LogP contribution in [-0.2, 0) is 14.6 Å². The van der Waals surface area contributed by atoms with Gasteiger partial charge in [0.25, 0.3) is 5.91 Å². The maximum absolute atomic E-state index is 13.9. The van der Waals surface area contributed by atoms with Gasteiger partial charge >= 0.3 is 0 Å². The molecule has 2 aromatic rings. The van der Waals surface area contributed by atoms with Crippen molar-refractivity contribution in [3.8, 4) is 0 Å². The average Bonchev–Trinajstić information content (AvgIpc) is 2.68. The molecule has 0 atom stereocenters. The molecule has 146 valence electrons. The molecular weight excluding hydrogens is 386 g/mol. The molecule has 1 fully saturated rings. The van der Waals surface area contributed by atoms with Gasteiger partial charge in [-0.25, -0.2) is 17.2 Å². The largest absolute Gasteiger partial charge is 0.338 e. The zero-order valence-corrected chi connectivity index (χ0v) is 15.8. The third-order valence-electron chi connectivity index (χ3n) is 4.95. The molecule has 0 bridgehead atoms. The van der Waals surface area contributed by atoms with Crippen LogP contribution >= 0.6 is 0 Å². The standard InChI is InChI=1S/C20H18F2N2O3S/c21-14-5-4-6-16(11-14)24-13-19(20(25)23-9-2-1-3-10-23)28(26,27)18-8-7-15(22)12-17(18)24/h4-8,11-13H,1-3,9-10H2. The van der Waals surface area contributed by atoms with Crippen molar-refractivity contribution in [2.24, 2.45) is 0 Å². The Morgan fingerprint density at radius 3 is 2.36 bits per heavy atom. The molecule has 2 aliphatic heterocycles. The summed E-state index contributed by atoms with van der Waals surface area (Å²) in [7, 11) is -4.13. The first-order valence-corrected chi connectivity index (χ1v) is 10.5. The molecule has 0 N–H and O–H groups in total. The highest BCUT2D eigenvalue weighted by atomic mass is 32.2. The second-order valence-electron chi connectivity index (χ2n) is 6.81. The third-order valence-corrected chi connectivity index (χ3v) is 6.73. The van der Waals surface area contributed by atoms with Crippen molar-refractivity contribution in [3.05, 3.63) is 65.2 Å². The highest BCUT2D eigenvalue weighted by Gasteiger charge is 2.38. The number of anilines is 2. The number of halogens is 2. The van der Waals surface area contributed by atoms with Crippen molar-refractivity contribution in [1.82, 2.24) is 4.90 Å². The summed E-state index contributed by atoms with van der Waals surface area (Å²) in [4.78, 5) is 15.3. The van der Waals surface area contributed by atoms with Crippen molar-refractivity contribution < 1.29 is 22.0 Å². The van der Waals surface area contributed by atoms with Gasteiger partial charge in [-0.05, 0) is 55.7 Å². The molecule has 8 heteroatoms. The van der Waals surface area contributed by atoms with E-state index in [4.69, 9.17) is 0 Å². The zero-order valence-electron chi connectivity index (χ0n) is 14.9. The van der Waals surface area contributed by atoms with Gasteiger partial charge in [0, 0.05) is 25.0 Å². The fourth-order valence-corrected chi connectivity index (χ4v) is 5.06. The van der Waals surface area contributed by atoms with Crippen LogP contribution in [0.3, 0.4) is 0 Å². The second-order valence-corrected chi connectivity index (χ2v) is 8.70. The van der Waals surface area contributed by atoms with E-state index in [2.05, 4.69) is 0 Å². The number of benzene rings is 2. The van der Waals surface area contributed by atoms with E-state index in [-0.39, 0.29) is 10.6 Å². The molecule has 0 aliphatic carbocycles. The summed E-state index contributed by atoms with van der Waals surface area (Å²) in [5, 5.41) is 0. The molecule has 2 heterocycles. The number of piperidine rings is 1. The minimum atomic E-state index is -4.13. The number of amides is 1. The lowest BCUT2D eigenvalue weighted by molar-refractivity contribution is -0.127. The van der Waals surface area contributed by atoms with Gasteiger partial charge in [-0.3, -0.25) is 4.79 Å². The fraction of sp³-hybridized carbons (Fsp3) is 0.250. The highest BCUT2D eigenvalue weighted by Crippen LogP contribution is 2.40. The van der Waals surface area contributed by atoms with Gasteiger partial charge in [-0.15, -0.1) is 0 Å². The van der Waals surface area contributed by atoms with Crippen LogP contribution in [0.2, 0.25) is 0 Å². The lowest BCUT2D eigenvalue weighted by atomic mass is 10.1. The van der Waals surface area contributed by atoms with Crippen molar-refractivity contribution in [2.45, 2.75) is 24.2 Å². The predicted molar refractivity (Wildman–Crippen MR) is 101 cm³/mol. The second kappa shape index (κ2) is 7.01. The summed E-state index contributed by atoms with van der Waals surface area (Å²) in [6, 6.07) is 8.72. The van der Waals surface area contributed by atoms with E-state index >= 15 is 0 Å². The van der Waals surface area contributed by atoms with Crippen LogP contribution in [0.25, 0.3) is 0 Å². The summed E-state index contributed by atoms with van der Waals surface area (Å²) in [5.41, 5.74) is 0.339. The number of rotatable bonds is 2. The summed E-state index contributed by atoms with van der Waals surface area (Å²) in [6.07, 6.45) is 3.79. The zero-order chi connectivity index (χ0) is 19.9. The molecule has 4 rings (SSSR count). The first-order valence-electron chi connectivity index (χ1n) is 8.98. The first kappa shape index (κ1) is 18.6. The molecule has 5 nitrogen and oxygen atoms in total. The lowest BCUT2D eigenvalue weighted by Crippen LogP contribution is -2.39. The first-order chi connectivity index (χ1) is 13.4. The quantitative estimate of drug-likeness (QED) is 0.716. The monoisotopic (exact) mass is 404 g/mol. The minimum absolute atomic E-state index is 0.0424. The number of fused-ring (bicyclic) bond motifs is 1. The molecule has 28 heavy (non-hydrogen) atoms. The number of nitrogens with zero attached hydrogens (tertiary/aromatic N) is 2. The van der Waals surface area contributed by atoms with Gasteiger partial charge in [-0.2, -0.15) is 0 Å². The maximum atomic E-state index is 13.9. The molecule has 2 aromatic carbocycles. The van der Waals surface area contributed by atoms with E-state index < -0.39 is 32.3 Å². The molecule has 0 aromatic heterocycles. The highest BCUT2D eigenvalue weighted by molar-refractivity contribution is 7.96. The van der Waals surface area contributed by atoms with Crippen LogP contribution in [0.1, 0.15) is 19.3 Å². The SMILES string of the molecule is O=C(C1=CN(c2cccc(F)c2)c2cc(F)ccc2S1(=O)=O)N1CCCCC1. The molecule has 1 amide bonds. The summed E-state index contributed by atoms with van der Waals surface area (Å²) < 4.78 is 53.8. The number of carbonyl (C=O) groups is 1. The van der Waals surface area contributed by atoms with E-state index in [1.165, 1.54) is 34.2 Å². The van der Waals surface area contributed by atoms with Crippen LogP contribution in [0, 0.1) is 11.6 Å². The summed E-state index contributed by atoms with van der Waals surface area (Å²) in [5.74, 6) is -1.74. The van der Waals surface area contributed by atoms with Gasteiger partial charge in [0.05, 0.1) is 10.6 Å². The van der Waals surface area contributed by atoms with Crippen molar-refractivity contribution in [3.63, 3.8) is 0 Å². The van der Waals surface area contributed by atoms with Gasteiger partial charge in [0.1, 0.15) is 11.6 Å². The van der Waals surface area contributed by atoms with E-state index in [9.17, 15) is 22.0 Å². The Balaban J connectivity index is 1.88. The molecule has 0 spiro atoms. The van der Waals surface area contributed by atoms with Gasteiger partial charge in [0.15, 0.2) is 4.91 Å². The molecule has 1 saturated heterocycles. The van der Waals surface area contributed by atoms with E-state index in [0.29, 0.717) is 18.8 Å².